The van der Waals surface area contributed by atoms with Crippen molar-refractivity contribution in [2.75, 3.05) is 13.2 Å². The van der Waals surface area contributed by atoms with Crippen LogP contribution in [0.3, 0.4) is 0 Å². The summed E-state index contributed by atoms with van der Waals surface area (Å²) in [4.78, 5) is 14.1. The Morgan fingerprint density at radius 1 is 0.960 bits per heavy atom. The van der Waals surface area contributed by atoms with Crippen molar-refractivity contribution in [3.8, 4) is 0 Å². The van der Waals surface area contributed by atoms with Crippen LogP contribution < -0.4 is 0 Å². The molecule has 1 heterocycles. The number of rotatable bonds is 15. The summed E-state index contributed by atoms with van der Waals surface area (Å²) in [5, 5.41) is 8.51. The maximum absolute atomic E-state index is 10.3. The zero-order chi connectivity index (χ0) is 18.4. The molecule has 0 bridgehead atoms. The minimum atomic E-state index is -0.664. The van der Waals surface area contributed by atoms with Gasteiger partial charge in [-0.2, -0.15) is 0 Å². The quantitative estimate of drug-likeness (QED) is 0.283. The number of hydrogen-bond donors (Lipinski definition) is 1. The first-order chi connectivity index (χ1) is 12.3. The predicted molar refractivity (Wildman–Crippen MR) is 106 cm³/mol. The van der Waals surface area contributed by atoms with Gasteiger partial charge in [-0.25, -0.2) is 0 Å². The Morgan fingerprint density at radius 2 is 1.52 bits per heavy atom. The molecule has 4 nitrogen and oxygen atoms in total. The molecular weight excluding hydrogens is 314 g/mol. The van der Waals surface area contributed by atoms with Crippen LogP contribution in [0.1, 0.15) is 96.8 Å². The second-order valence-electron chi connectivity index (χ2n) is 6.61. The molecule has 0 aromatic carbocycles. The number of carbonyl (C=O) groups is 1. The van der Waals surface area contributed by atoms with Crippen molar-refractivity contribution >= 4 is 12.4 Å². The molecule has 1 rings (SSSR count). The van der Waals surface area contributed by atoms with Gasteiger partial charge in [-0.15, -0.1) is 0 Å². The van der Waals surface area contributed by atoms with Crippen LogP contribution in [-0.2, 0) is 9.53 Å². The first-order valence-electron chi connectivity index (χ1n) is 10.2. The predicted octanol–water partition coefficient (Wildman–Crippen LogP) is 6.15. The van der Waals surface area contributed by atoms with E-state index in [-0.39, 0.29) is 0 Å². The molecule has 0 saturated heterocycles. The van der Waals surface area contributed by atoms with Crippen molar-refractivity contribution in [3.63, 3.8) is 0 Å². The van der Waals surface area contributed by atoms with Crippen molar-refractivity contribution in [1.29, 1.82) is 0 Å². The number of carboxylic acid groups (broad SMARTS) is 1. The summed E-state index contributed by atoms with van der Waals surface area (Å²) in [6, 6.07) is 0. The molecule has 1 aliphatic heterocycles. The van der Waals surface area contributed by atoms with Gasteiger partial charge < -0.3 is 9.84 Å². The molecule has 0 amide bonds. The summed E-state index contributed by atoms with van der Waals surface area (Å²) in [7, 11) is 0. The first kappa shape index (κ1) is 23.7. The number of allylic oxidation sites excluding steroid dienone is 2. The van der Waals surface area contributed by atoms with Gasteiger partial charge in [-0.3, -0.25) is 9.79 Å². The third kappa shape index (κ3) is 22.7. The second-order valence-corrected chi connectivity index (χ2v) is 6.61. The van der Waals surface area contributed by atoms with E-state index in [4.69, 9.17) is 5.11 Å². The molecule has 0 aromatic rings. The van der Waals surface area contributed by atoms with Gasteiger partial charge in [0.2, 0.25) is 0 Å². The molecule has 0 unspecified atom stereocenters. The molecule has 25 heavy (non-hydrogen) atoms. The third-order valence-electron chi connectivity index (χ3n) is 4.14. The molecule has 0 saturated carbocycles. The average molecular weight is 354 g/mol. The molecule has 0 spiro atoms. The standard InChI is InChI=1S/C18H34O2.C3H5NO/c1-2-3-4-5-6-7-8-9-10-11-12-13-14-15-16-17-18(19)20;1-2-5-3-4-1/h9-10H,2-8,11-17H2,1H3,(H,19,20);3H,1-2H2/b10-9-;. The molecule has 0 aliphatic carbocycles. The van der Waals surface area contributed by atoms with E-state index in [9.17, 15) is 4.79 Å². The molecule has 0 atom stereocenters. The fraction of sp³-hybridized carbons (Fsp3) is 0.810. The smallest absolute Gasteiger partial charge is 0.303 e. The summed E-state index contributed by atoms with van der Waals surface area (Å²) in [5.41, 5.74) is 0. The summed E-state index contributed by atoms with van der Waals surface area (Å²) in [6.07, 6.45) is 22.7. The highest BCUT2D eigenvalue weighted by Crippen LogP contribution is 2.09. The third-order valence-corrected chi connectivity index (χ3v) is 4.14. The number of carboxylic acids is 1. The molecular formula is C21H39NO3. The molecule has 0 aromatic heterocycles. The van der Waals surface area contributed by atoms with Crippen LogP contribution in [0.15, 0.2) is 17.1 Å². The van der Waals surface area contributed by atoms with Crippen LogP contribution in [0, 0.1) is 0 Å². The first-order valence-corrected chi connectivity index (χ1v) is 10.2. The Labute approximate surface area is 154 Å². The van der Waals surface area contributed by atoms with E-state index >= 15 is 0 Å². The van der Waals surface area contributed by atoms with E-state index in [2.05, 4.69) is 28.8 Å². The van der Waals surface area contributed by atoms with Crippen LogP contribution >= 0.6 is 0 Å². The zero-order valence-corrected chi connectivity index (χ0v) is 16.3. The van der Waals surface area contributed by atoms with Crippen LogP contribution in [0.4, 0.5) is 0 Å². The van der Waals surface area contributed by atoms with E-state index < -0.39 is 5.97 Å². The fourth-order valence-electron chi connectivity index (χ4n) is 2.61. The van der Waals surface area contributed by atoms with Crippen molar-refractivity contribution < 1.29 is 14.6 Å². The summed E-state index contributed by atoms with van der Waals surface area (Å²) in [6.45, 7) is 3.88. The molecule has 4 heteroatoms. The zero-order valence-electron chi connectivity index (χ0n) is 16.3. The van der Waals surface area contributed by atoms with Crippen LogP contribution in [0.5, 0.6) is 0 Å². The van der Waals surface area contributed by atoms with Gasteiger partial charge in [-0.05, 0) is 32.1 Å². The number of unbranched alkanes of at least 4 members (excludes halogenated alkanes) is 11. The lowest BCUT2D eigenvalue weighted by Gasteiger charge is -1.99. The monoisotopic (exact) mass is 353 g/mol. The maximum Gasteiger partial charge on any atom is 0.303 e. The van der Waals surface area contributed by atoms with E-state index in [0.717, 1.165) is 26.0 Å². The number of hydrogen-bond acceptors (Lipinski definition) is 3. The van der Waals surface area contributed by atoms with Crippen LogP contribution in [0.2, 0.25) is 0 Å². The minimum Gasteiger partial charge on any atom is -0.482 e. The molecule has 0 fully saturated rings. The van der Waals surface area contributed by atoms with Crippen LogP contribution in [-0.4, -0.2) is 30.6 Å². The van der Waals surface area contributed by atoms with Gasteiger partial charge in [0.05, 0.1) is 6.54 Å². The highest BCUT2D eigenvalue weighted by molar-refractivity contribution is 5.66. The maximum atomic E-state index is 10.3. The van der Waals surface area contributed by atoms with Gasteiger partial charge in [0.1, 0.15) is 6.61 Å². The van der Waals surface area contributed by atoms with E-state index in [1.165, 1.54) is 77.0 Å². The largest absolute Gasteiger partial charge is 0.482 e. The number of aliphatic carboxylic acids is 1. The van der Waals surface area contributed by atoms with Gasteiger partial charge in [0.15, 0.2) is 6.40 Å². The Hall–Kier alpha value is -1.32. The molecule has 0 radical (unpaired) electrons. The lowest BCUT2D eigenvalue weighted by Crippen LogP contribution is -1.93. The second kappa shape index (κ2) is 20.7. The van der Waals surface area contributed by atoms with Gasteiger partial charge in [-0.1, -0.05) is 70.4 Å². The summed E-state index contributed by atoms with van der Waals surface area (Å²) < 4.78 is 4.65. The summed E-state index contributed by atoms with van der Waals surface area (Å²) >= 11 is 0. The molecule has 1 aliphatic rings. The van der Waals surface area contributed by atoms with Gasteiger partial charge in [0.25, 0.3) is 0 Å². The Balaban J connectivity index is 0.000000972. The average Bonchev–Trinajstić information content (AvgIpc) is 3.18. The SMILES string of the molecule is C1=NCCO1.CCCCCCCC/C=C\CCCCCCCC(=O)O. The van der Waals surface area contributed by atoms with Crippen LogP contribution in [0.25, 0.3) is 0 Å². The van der Waals surface area contributed by atoms with Gasteiger partial charge in [0, 0.05) is 6.42 Å². The highest BCUT2D eigenvalue weighted by atomic mass is 16.5. The molecule has 1 N–H and O–H groups in total. The van der Waals surface area contributed by atoms with Crippen molar-refractivity contribution in [3.05, 3.63) is 12.2 Å². The summed E-state index contributed by atoms with van der Waals surface area (Å²) in [5.74, 6) is -0.664. The minimum absolute atomic E-state index is 0.332. The Morgan fingerprint density at radius 3 is 1.96 bits per heavy atom. The van der Waals surface area contributed by atoms with Gasteiger partial charge >= 0.3 is 5.97 Å². The highest BCUT2D eigenvalue weighted by Gasteiger charge is 1.95. The number of aliphatic imine (C=N–C) groups is 1. The van der Waals surface area contributed by atoms with Crippen molar-refractivity contribution in [1.82, 2.24) is 0 Å². The normalized spacial score (nSPS) is 12.8. The van der Waals surface area contributed by atoms with E-state index in [0.29, 0.717) is 6.42 Å². The Kier molecular flexibility index (Phi) is 19.6. The fourth-order valence-corrected chi connectivity index (χ4v) is 2.61. The lowest BCUT2D eigenvalue weighted by atomic mass is 10.1. The van der Waals surface area contributed by atoms with E-state index in [1.54, 1.807) is 0 Å². The number of nitrogens with zero attached hydrogens (tertiary/aromatic N) is 1. The van der Waals surface area contributed by atoms with Crippen molar-refractivity contribution in [2.24, 2.45) is 4.99 Å². The number of ether oxygens (including phenoxy) is 1. The Bertz CT molecular complexity index is 334. The lowest BCUT2D eigenvalue weighted by molar-refractivity contribution is -0.137. The van der Waals surface area contributed by atoms with E-state index in [1.807, 2.05) is 0 Å². The molecule has 146 valence electrons. The topological polar surface area (TPSA) is 58.9 Å². The van der Waals surface area contributed by atoms with Crippen molar-refractivity contribution in [2.45, 2.75) is 96.8 Å².